The Hall–Kier alpha value is -3.11. The number of ether oxygens (including phenoxy) is 1. The lowest BCUT2D eigenvalue weighted by Gasteiger charge is -2.29. The van der Waals surface area contributed by atoms with E-state index in [9.17, 15) is 18.0 Å². The van der Waals surface area contributed by atoms with Crippen molar-refractivity contribution in [3.8, 4) is 5.75 Å². The molecular formula is C19H22N4O5S. The predicted molar refractivity (Wildman–Crippen MR) is 110 cm³/mol. The van der Waals surface area contributed by atoms with Crippen molar-refractivity contribution in [2.24, 2.45) is 5.14 Å². The van der Waals surface area contributed by atoms with E-state index in [1.807, 2.05) is 0 Å². The van der Waals surface area contributed by atoms with Crippen molar-refractivity contribution in [3.63, 3.8) is 0 Å². The Kier molecular flexibility index (Phi) is 5.76. The lowest BCUT2D eigenvalue weighted by Crippen LogP contribution is -2.40. The van der Waals surface area contributed by atoms with E-state index in [0.29, 0.717) is 22.8 Å². The highest BCUT2D eigenvalue weighted by Gasteiger charge is 2.25. The fraction of sp³-hybridized carbons (Fsp3) is 0.263. The molecule has 1 heterocycles. The standard InChI is InChI=1S/C19H22N4O5S/c1-22(2)15-8-7-13(29(20,26)27)11-14(15)21-18(24)9-10-23-16-5-3-4-6-17(16)28-12-19(23)25/h3-8,11H,9-10,12H2,1-2H3,(H,21,24)(H2,20,26,27). The van der Waals surface area contributed by atoms with Gasteiger partial charge in [0.05, 0.1) is 22.0 Å². The number of fused-ring (bicyclic) bond motifs is 1. The number of carbonyl (C=O) groups excluding carboxylic acids is 2. The second kappa shape index (κ2) is 8.10. The van der Waals surface area contributed by atoms with Gasteiger partial charge in [-0.25, -0.2) is 13.6 Å². The van der Waals surface area contributed by atoms with E-state index in [1.54, 1.807) is 49.3 Å². The number of nitrogens with one attached hydrogen (secondary N) is 1. The van der Waals surface area contributed by atoms with Crippen molar-refractivity contribution in [1.82, 2.24) is 0 Å². The Balaban J connectivity index is 1.75. The highest BCUT2D eigenvalue weighted by molar-refractivity contribution is 7.89. The van der Waals surface area contributed by atoms with E-state index in [-0.39, 0.29) is 36.3 Å². The average Bonchev–Trinajstić information content (AvgIpc) is 2.66. The third-order valence-corrected chi connectivity index (χ3v) is 5.33. The molecule has 0 aromatic heterocycles. The number of nitrogens with two attached hydrogens (primary N) is 1. The van der Waals surface area contributed by atoms with Crippen LogP contribution in [-0.2, 0) is 19.6 Å². The van der Waals surface area contributed by atoms with E-state index in [0.717, 1.165) is 0 Å². The number of rotatable bonds is 6. The Morgan fingerprint density at radius 3 is 2.66 bits per heavy atom. The molecule has 3 N–H and O–H groups in total. The van der Waals surface area contributed by atoms with Crippen molar-refractivity contribution >= 4 is 38.9 Å². The zero-order valence-corrected chi connectivity index (χ0v) is 16.9. The summed E-state index contributed by atoms with van der Waals surface area (Å²) in [6, 6.07) is 11.4. The van der Waals surface area contributed by atoms with Gasteiger partial charge in [0.25, 0.3) is 5.91 Å². The molecule has 1 aliphatic rings. The minimum Gasteiger partial charge on any atom is -0.482 e. The summed E-state index contributed by atoms with van der Waals surface area (Å²) in [7, 11) is -0.373. The van der Waals surface area contributed by atoms with Crippen molar-refractivity contribution in [3.05, 3.63) is 42.5 Å². The van der Waals surface area contributed by atoms with Gasteiger partial charge < -0.3 is 19.9 Å². The zero-order chi connectivity index (χ0) is 21.2. The Morgan fingerprint density at radius 1 is 1.24 bits per heavy atom. The number of primary sulfonamides is 1. The van der Waals surface area contributed by atoms with Gasteiger partial charge in [0, 0.05) is 27.1 Å². The number of carbonyl (C=O) groups is 2. The molecule has 0 fully saturated rings. The SMILES string of the molecule is CN(C)c1ccc(S(N)(=O)=O)cc1NC(=O)CCN1C(=O)COc2ccccc21. The van der Waals surface area contributed by atoms with Crippen LogP contribution < -0.4 is 25.0 Å². The van der Waals surface area contributed by atoms with Crippen LogP contribution in [-0.4, -0.2) is 47.5 Å². The average molecular weight is 418 g/mol. The monoisotopic (exact) mass is 418 g/mol. The van der Waals surface area contributed by atoms with Gasteiger partial charge in [0.2, 0.25) is 15.9 Å². The first-order chi connectivity index (χ1) is 13.7. The van der Waals surface area contributed by atoms with Crippen LogP contribution in [0.3, 0.4) is 0 Å². The first-order valence-electron chi connectivity index (χ1n) is 8.83. The summed E-state index contributed by atoms with van der Waals surface area (Å²) in [5.41, 5.74) is 1.56. The summed E-state index contributed by atoms with van der Waals surface area (Å²) in [4.78, 5) is 27.9. The maximum atomic E-state index is 12.5. The van der Waals surface area contributed by atoms with Crippen LogP contribution in [0.1, 0.15) is 6.42 Å². The number of para-hydroxylation sites is 2. The van der Waals surface area contributed by atoms with Gasteiger partial charge in [-0.2, -0.15) is 0 Å². The first-order valence-corrected chi connectivity index (χ1v) is 10.4. The third-order valence-electron chi connectivity index (χ3n) is 4.42. The number of sulfonamides is 1. The van der Waals surface area contributed by atoms with Crippen LogP contribution in [0.2, 0.25) is 0 Å². The van der Waals surface area contributed by atoms with Crippen LogP contribution in [0.25, 0.3) is 0 Å². The first kappa shape index (κ1) is 20.6. The quantitative estimate of drug-likeness (QED) is 0.726. The molecule has 29 heavy (non-hydrogen) atoms. The van der Waals surface area contributed by atoms with E-state index in [2.05, 4.69) is 5.32 Å². The molecule has 0 radical (unpaired) electrons. The molecule has 2 amide bonds. The van der Waals surface area contributed by atoms with Crippen LogP contribution >= 0.6 is 0 Å². The van der Waals surface area contributed by atoms with Gasteiger partial charge in [-0.05, 0) is 30.3 Å². The lowest BCUT2D eigenvalue weighted by molar-refractivity contribution is -0.121. The molecule has 0 unspecified atom stereocenters. The van der Waals surface area contributed by atoms with Gasteiger partial charge in [-0.3, -0.25) is 9.59 Å². The maximum Gasteiger partial charge on any atom is 0.265 e. The molecule has 1 aliphatic heterocycles. The molecule has 0 spiro atoms. The van der Waals surface area contributed by atoms with E-state index < -0.39 is 10.0 Å². The Labute approximate surface area is 169 Å². The predicted octanol–water partition coefficient (Wildman–Crippen LogP) is 1.15. The Morgan fingerprint density at radius 2 is 1.97 bits per heavy atom. The van der Waals surface area contributed by atoms with E-state index in [4.69, 9.17) is 9.88 Å². The second-order valence-corrected chi connectivity index (χ2v) is 8.28. The summed E-state index contributed by atoms with van der Waals surface area (Å²) in [6.07, 6.45) is 0.0204. The number of hydrogen-bond acceptors (Lipinski definition) is 6. The number of amides is 2. The molecule has 2 aromatic rings. The fourth-order valence-electron chi connectivity index (χ4n) is 3.01. The summed E-state index contributed by atoms with van der Waals surface area (Å²) < 4.78 is 28.7. The number of anilines is 3. The molecule has 0 saturated heterocycles. The molecule has 0 aliphatic carbocycles. The largest absolute Gasteiger partial charge is 0.482 e. The van der Waals surface area contributed by atoms with Crippen molar-refractivity contribution in [2.45, 2.75) is 11.3 Å². The number of hydrogen-bond donors (Lipinski definition) is 2. The summed E-state index contributed by atoms with van der Waals surface area (Å²) in [6.45, 7) is 0.0804. The molecule has 10 heteroatoms. The molecule has 2 aromatic carbocycles. The minimum atomic E-state index is -3.91. The van der Waals surface area contributed by atoms with Crippen molar-refractivity contribution < 1.29 is 22.7 Å². The summed E-state index contributed by atoms with van der Waals surface area (Å²) >= 11 is 0. The van der Waals surface area contributed by atoms with E-state index >= 15 is 0 Å². The van der Waals surface area contributed by atoms with Gasteiger partial charge >= 0.3 is 0 Å². The van der Waals surface area contributed by atoms with Gasteiger partial charge in [-0.1, -0.05) is 12.1 Å². The van der Waals surface area contributed by atoms with Gasteiger partial charge in [0.15, 0.2) is 6.61 Å². The molecule has 0 saturated carbocycles. The zero-order valence-electron chi connectivity index (χ0n) is 16.1. The van der Waals surface area contributed by atoms with Gasteiger partial charge in [-0.15, -0.1) is 0 Å². The third kappa shape index (κ3) is 4.66. The number of benzene rings is 2. The fourth-order valence-corrected chi connectivity index (χ4v) is 3.55. The smallest absolute Gasteiger partial charge is 0.265 e. The molecule has 3 rings (SSSR count). The molecule has 154 valence electrons. The molecular weight excluding hydrogens is 396 g/mol. The minimum absolute atomic E-state index is 0.0204. The van der Waals surface area contributed by atoms with E-state index in [1.165, 1.54) is 17.0 Å². The summed E-state index contributed by atoms with van der Waals surface area (Å²) in [5.74, 6) is -0.0126. The van der Waals surface area contributed by atoms with Gasteiger partial charge in [0.1, 0.15) is 5.75 Å². The molecule has 9 nitrogen and oxygen atoms in total. The molecule has 0 bridgehead atoms. The van der Waals surface area contributed by atoms with Crippen molar-refractivity contribution in [1.29, 1.82) is 0 Å². The van der Waals surface area contributed by atoms with Crippen molar-refractivity contribution in [2.75, 3.05) is 42.4 Å². The van der Waals surface area contributed by atoms with Crippen LogP contribution in [0, 0.1) is 0 Å². The van der Waals surface area contributed by atoms with Crippen LogP contribution in [0.15, 0.2) is 47.4 Å². The maximum absolute atomic E-state index is 12.5. The number of nitrogens with zero attached hydrogens (tertiary/aromatic N) is 2. The lowest BCUT2D eigenvalue weighted by atomic mass is 10.2. The Bertz CT molecular complexity index is 1050. The summed E-state index contributed by atoms with van der Waals surface area (Å²) in [5, 5.41) is 7.90. The molecule has 0 atom stereocenters. The second-order valence-electron chi connectivity index (χ2n) is 6.72. The van der Waals surface area contributed by atoms with Crippen LogP contribution in [0.5, 0.6) is 5.75 Å². The van der Waals surface area contributed by atoms with Crippen LogP contribution in [0.4, 0.5) is 17.1 Å². The topological polar surface area (TPSA) is 122 Å². The normalized spacial score (nSPS) is 13.5. The highest BCUT2D eigenvalue weighted by atomic mass is 32.2. The highest BCUT2D eigenvalue weighted by Crippen LogP contribution is 2.32.